The Kier molecular flexibility index (Phi) is 3.74. The van der Waals surface area contributed by atoms with Gasteiger partial charge in [-0.05, 0) is 85.0 Å². The summed E-state index contributed by atoms with van der Waals surface area (Å²) in [6, 6.07) is 12.2. The van der Waals surface area contributed by atoms with Crippen LogP contribution in [0.3, 0.4) is 0 Å². The van der Waals surface area contributed by atoms with E-state index in [1.807, 2.05) is 30.3 Å². The highest BCUT2D eigenvalue weighted by molar-refractivity contribution is 6.33. The van der Waals surface area contributed by atoms with Crippen molar-refractivity contribution in [3.63, 3.8) is 0 Å². The number of rotatable bonds is 3. The lowest BCUT2D eigenvalue weighted by molar-refractivity contribution is 0.0951. The predicted octanol–water partition coefficient (Wildman–Crippen LogP) is 5.47. The molecule has 0 radical (unpaired) electrons. The highest BCUT2D eigenvalue weighted by Gasteiger charge is 2.50. The molecule has 2 aliphatic carbocycles. The molecule has 3 nitrogen and oxygen atoms in total. The molecule has 0 bridgehead atoms. The summed E-state index contributed by atoms with van der Waals surface area (Å²) >= 11 is 12.6. The number of benzene rings is 2. The molecule has 2 N–H and O–H groups in total. The van der Waals surface area contributed by atoms with Crippen LogP contribution in [0, 0.1) is 0 Å². The van der Waals surface area contributed by atoms with E-state index in [2.05, 4.69) is 16.7 Å². The predicted molar refractivity (Wildman–Crippen MR) is 105 cm³/mol. The fourth-order valence-electron chi connectivity index (χ4n) is 4.08. The van der Waals surface area contributed by atoms with Gasteiger partial charge in [-0.1, -0.05) is 23.2 Å². The molecule has 5 heteroatoms. The van der Waals surface area contributed by atoms with Crippen molar-refractivity contribution in [1.29, 1.82) is 0 Å². The Morgan fingerprint density at radius 1 is 1.12 bits per heavy atom. The lowest BCUT2D eigenvalue weighted by Crippen LogP contribution is -2.28. The minimum atomic E-state index is 0.0473. The Balaban J connectivity index is 1.48. The van der Waals surface area contributed by atoms with Crippen LogP contribution in [-0.2, 0) is 5.41 Å². The number of anilines is 1. The molecule has 1 aliphatic heterocycles. The van der Waals surface area contributed by atoms with Crippen molar-refractivity contribution in [2.75, 3.05) is 5.32 Å². The fourth-order valence-corrected chi connectivity index (χ4v) is 4.51. The van der Waals surface area contributed by atoms with Gasteiger partial charge in [-0.15, -0.1) is 0 Å². The molecule has 1 spiro atoms. The fraction of sp³-hybridized carbons (Fsp3) is 0.381. The van der Waals surface area contributed by atoms with Crippen LogP contribution in [0.5, 0.6) is 0 Å². The van der Waals surface area contributed by atoms with Gasteiger partial charge in [0.1, 0.15) is 0 Å². The average Bonchev–Trinajstić information content (AvgIpc) is 3.55. The average molecular weight is 387 g/mol. The van der Waals surface area contributed by atoms with Crippen LogP contribution in [0.2, 0.25) is 10.0 Å². The Morgan fingerprint density at radius 2 is 1.92 bits per heavy atom. The molecule has 2 aromatic carbocycles. The zero-order valence-corrected chi connectivity index (χ0v) is 15.8. The van der Waals surface area contributed by atoms with E-state index >= 15 is 0 Å². The van der Waals surface area contributed by atoms with Gasteiger partial charge in [0.05, 0.1) is 6.04 Å². The van der Waals surface area contributed by atoms with E-state index in [1.54, 1.807) is 0 Å². The Bertz CT molecular complexity index is 903. The first-order chi connectivity index (χ1) is 12.5. The van der Waals surface area contributed by atoms with Crippen molar-refractivity contribution < 1.29 is 4.79 Å². The lowest BCUT2D eigenvalue weighted by Gasteiger charge is -2.34. The first kappa shape index (κ1) is 16.5. The van der Waals surface area contributed by atoms with Crippen molar-refractivity contribution in [3.05, 3.63) is 63.1 Å². The first-order valence-corrected chi connectivity index (χ1v) is 9.97. The largest absolute Gasteiger partial charge is 0.378 e. The van der Waals surface area contributed by atoms with Gasteiger partial charge in [-0.3, -0.25) is 4.79 Å². The second-order valence-electron chi connectivity index (χ2n) is 7.86. The maximum atomic E-state index is 12.4. The molecule has 1 heterocycles. The van der Waals surface area contributed by atoms with Gasteiger partial charge in [0.2, 0.25) is 0 Å². The standard InChI is InChI=1S/C21H20Cl2N2O/c22-13-2-5-17(23)15(10-13)19-11-21(7-8-21)16-9-12(1-6-18(16)25-19)20(26)24-14-3-4-14/h1-2,5-6,9-10,14,19,25H,3-4,7-8,11H2,(H,24,26). The molecule has 26 heavy (non-hydrogen) atoms. The van der Waals surface area contributed by atoms with Crippen molar-refractivity contribution in [2.45, 2.75) is 49.6 Å². The van der Waals surface area contributed by atoms with E-state index < -0.39 is 0 Å². The molecule has 2 saturated carbocycles. The number of hydrogen-bond acceptors (Lipinski definition) is 2. The smallest absolute Gasteiger partial charge is 0.251 e. The van der Waals surface area contributed by atoms with Crippen LogP contribution in [0.1, 0.15) is 59.6 Å². The van der Waals surface area contributed by atoms with Crippen LogP contribution in [-0.4, -0.2) is 11.9 Å². The van der Waals surface area contributed by atoms with E-state index in [9.17, 15) is 4.79 Å². The molecular formula is C21H20Cl2N2O. The second kappa shape index (κ2) is 5.90. The van der Waals surface area contributed by atoms with E-state index in [1.165, 1.54) is 5.56 Å². The maximum absolute atomic E-state index is 12.4. The van der Waals surface area contributed by atoms with E-state index in [-0.39, 0.29) is 17.4 Å². The number of fused-ring (bicyclic) bond motifs is 2. The third-order valence-corrected chi connectivity index (χ3v) is 6.46. The lowest BCUT2D eigenvalue weighted by atomic mass is 9.81. The SMILES string of the molecule is O=C(NC1CC1)c1ccc2c(c1)C1(CC1)CC(c1cc(Cl)ccc1Cl)N2. The van der Waals surface area contributed by atoms with E-state index in [0.29, 0.717) is 11.1 Å². The first-order valence-electron chi connectivity index (χ1n) is 9.21. The van der Waals surface area contributed by atoms with E-state index in [0.717, 1.165) is 53.9 Å². The monoisotopic (exact) mass is 386 g/mol. The molecular weight excluding hydrogens is 367 g/mol. The van der Waals surface area contributed by atoms with Crippen LogP contribution in [0.15, 0.2) is 36.4 Å². The molecule has 0 aromatic heterocycles. The van der Waals surface area contributed by atoms with Crippen LogP contribution in [0.4, 0.5) is 5.69 Å². The third kappa shape index (κ3) is 2.87. The summed E-state index contributed by atoms with van der Waals surface area (Å²) in [7, 11) is 0. The number of nitrogens with one attached hydrogen (secondary N) is 2. The van der Waals surface area contributed by atoms with Gasteiger partial charge >= 0.3 is 0 Å². The molecule has 0 saturated heterocycles. The molecule has 1 unspecified atom stereocenters. The van der Waals surface area contributed by atoms with Crippen molar-refractivity contribution in [1.82, 2.24) is 5.32 Å². The number of carbonyl (C=O) groups is 1. The zero-order valence-electron chi connectivity index (χ0n) is 14.3. The van der Waals surface area contributed by atoms with Gasteiger partial charge in [0.15, 0.2) is 0 Å². The summed E-state index contributed by atoms with van der Waals surface area (Å²) in [5, 5.41) is 8.15. The Hall–Kier alpha value is -1.71. The number of hydrogen-bond donors (Lipinski definition) is 2. The van der Waals surface area contributed by atoms with Crippen molar-refractivity contribution in [2.24, 2.45) is 0 Å². The highest BCUT2D eigenvalue weighted by atomic mass is 35.5. The number of halogens is 2. The normalized spacial score (nSPS) is 22.5. The van der Waals surface area contributed by atoms with Gasteiger partial charge < -0.3 is 10.6 Å². The molecule has 2 aromatic rings. The van der Waals surface area contributed by atoms with Crippen LogP contribution in [0.25, 0.3) is 0 Å². The third-order valence-electron chi connectivity index (χ3n) is 5.88. The second-order valence-corrected chi connectivity index (χ2v) is 8.70. The highest BCUT2D eigenvalue weighted by Crippen LogP contribution is 2.59. The Labute approximate surface area is 163 Å². The summed E-state index contributed by atoms with van der Waals surface area (Å²) in [5.74, 6) is 0.0473. The molecule has 5 rings (SSSR count). The zero-order chi connectivity index (χ0) is 17.9. The van der Waals surface area contributed by atoms with Crippen LogP contribution < -0.4 is 10.6 Å². The van der Waals surface area contributed by atoms with Gasteiger partial charge in [0, 0.05) is 27.3 Å². The minimum Gasteiger partial charge on any atom is -0.378 e. The number of carbonyl (C=O) groups excluding carboxylic acids is 1. The molecule has 134 valence electrons. The molecule has 2 fully saturated rings. The molecule has 1 atom stereocenters. The Morgan fingerprint density at radius 3 is 2.65 bits per heavy atom. The van der Waals surface area contributed by atoms with Crippen molar-refractivity contribution in [3.8, 4) is 0 Å². The quantitative estimate of drug-likeness (QED) is 0.733. The maximum Gasteiger partial charge on any atom is 0.251 e. The number of amides is 1. The van der Waals surface area contributed by atoms with Gasteiger partial charge in [-0.2, -0.15) is 0 Å². The summed E-state index contributed by atoms with van der Waals surface area (Å²) < 4.78 is 0. The summed E-state index contributed by atoms with van der Waals surface area (Å²) in [5.41, 5.74) is 4.36. The molecule has 1 amide bonds. The molecule has 3 aliphatic rings. The summed E-state index contributed by atoms with van der Waals surface area (Å²) in [6.45, 7) is 0. The summed E-state index contributed by atoms with van der Waals surface area (Å²) in [4.78, 5) is 12.4. The van der Waals surface area contributed by atoms with Crippen molar-refractivity contribution >= 4 is 34.8 Å². The minimum absolute atomic E-state index is 0.0473. The topological polar surface area (TPSA) is 41.1 Å². The van der Waals surface area contributed by atoms with Crippen LogP contribution >= 0.6 is 23.2 Å². The summed E-state index contributed by atoms with van der Waals surface area (Å²) in [6.07, 6.45) is 5.50. The van der Waals surface area contributed by atoms with E-state index in [4.69, 9.17) is 23.2 Å². The van der Waals surface area contributed by atoms with Gasteiger partial charge in [-0.25, -0.2) is 0 Å². The van der Waals surface area contributed by atoms with Gasteiger partial charge in [0.25, 0.3) is 5.91 Å².